The predicted molar refractivity (Wildman–Crippen MR) is 137 cm³/mol. The van der Waals surface area contributed by atoms with Crippen molar-refractivity contribution in [1.82, 2.24) is 25.4 Å². The summed E-state index contributed by atoms with van der Waals surface area (Å²) in [5, 5.41) is 5.57. The summed E-state index contributed by atoms with van der Waals surface area (Å²) in [6, 6.07) is 11.9. The highest BCUT2D eigenvalue weighted by Gasteiger charge is 2.27. The number of methoxy groups -OCH3 is 1. The molecule has 10 nitrogen and oxygen atoms in total. The highest BCUT2D eigenvalue weighted by Crippen LogP contribution is 2.30. The molecule has 2 fully saturated rings. The number of amides is 2. The third-order valence-corrected chi connectivity index (χ3v) is 6.73. The zero-order valence-corrected chi connectivity index (χ0v) is 20.9. The van der Waals surface area contributed by atoms with Crippen LogP contribution in [0.2, 0.25) is 0 Å². The average Bonchev–Trinajstić information content (AvgIpc) is 2.94. The molecule has 0 unspecified atom stereocenters. The summed E-state index contributed by atoms with van der Waals surface area (Å²) in [6.07, 6.45) is 3.56. The van der Waals surface area contributed by atoms with Crippen molar-refractivity contribution in [3.05, 3.63) is 54.4 Å². The molecule has 10 heteroatoms. The summed E-state index contributed by atoms with van der Waals surface area (Å²) in [4.78, 5) is 36.0. The molecule has 194 valence electrons. The molecule has 2 aromatic rings. The van der Waals surface area contributed by atoms with E-state index in [1.165, 1.54) is 0 Å². The predicted octanol–water partition coefficient (Wildman–Crippen LogP) is 0.518. The van der Waals surface area contributed by atoms with Crippen molar-refractivity contribution in [3.63, 3.8) is 0 Å². The normalized spacial score (nSPS) is 17.9. The summed E-state index contributed by atoms with van der Waals surface area (Å²) in [5.74, 6) is -0.352. The highest BCUT2D eigenvalue weighted by atomic mass is 16.5. The number of para-hydroxylation sites is 2. The van der Waals surface area contributed by atoms with Crippen LogP contribution in [0.15, 0.2) is 48.8 Å². The second-order valence-corrected chi connectivity index (χ2v) is 8.92. The Kier molecular flexibility index (Phi) is 9.48. The number of nitrogens with zero attached hydrogens (tertiary/aromatic N) is 4. The number of carbonyl (C=O) groups excluding carboxylic acids is 2. The van der Waals surface area contributed by atoms with Crippen molar-refractivity contribution in [2.45, 2.75) is 6.04 Å². The Labute approximate surface area is 212 Å². The van der Waals surface area contributed by atoms with E-state index in [1.807, 2.05) is 36.5 Å². The fourth-order valence-electron chi connectivity index (χ4n) is 4.70. The number of pyridine rings is 1. The van der Waals surface area contributed by atoms with Gasteiger partial charge in [-0.3, -0.25) is 24.4 Å². The number of ether oxygens (including phenoxy) is 2. The molecule has 1 atom stereocenters. The topological polar surface area (TPSA) is 99.3 Å². The number of nitrogens with one attached hydrogen (secondary N) is 2. The van der Waals surface area contributed by atoms with E-state index in [2.05, 4.69) is 36.4 Å². The van der Waals surface area contributed by atoms with Crippen LogP contribution in [-0.4, -0.2) is 106 Å². The van der Waals surface area contributed by atoms with Gasteiger partial charge in [0.25, 0.3) is 0 Å². The van der Waals surface area contributed by atoms with E-state index in [-0.39, 0.29) is 6.04 Å². The van der Waals surface area contributed by atoms with Crippen molar-refractivity contribution >= 4 is 17.5 Å². The lowest BCUT2D eigenvalue weighted by Gasteiger charge is -2.40. The van der Waals surface area contributed by atoms with Gasteiger partial charge in [0.1, 0.15) is 5.75 Å². The SMILES string of the molecule is COc1ccccc1N1CCN([C@@H](CNC(=O)C(=O)NCCN2CCOCC2)c2cccnc2)CC1. The minimum Gasteiger partial charge on any atom is -0.495 e. The van der Waals surface area contributed by atoms with Crippen molar-refractivity contribution in [2.75, 3.05) is 84.1 Å². The first kappa shape index (κ1) is 25.9. The molecule has 1 aromatic carbocycles. The van der Waals surface area contributed by atoms with Gasteiger partial charge in [0.15, 0.2) is 0 Å². The number of rotatable bonds is 9. The van der Waals surface area contributed by atoms with Gasteiger partial charge in [-0.2, -0.15) is 0 Å². The third-order valence-electron chi connectivity index (χ3n) is 6.73. The van der Waals surface area contributed by atoms with E-state index >= 15 is 0 Å². The molecule has 0 radical (unpaired) electrons. The molecule has 0 saturated carbocycles. The Bertz CT molecular complexity index is 977. The molecule has 2 aliphatic rings. The lowest BCUT2D eigenvalue weighted by molar-refractivity contribution is -0.139. The van der Waals surface area contributed by atoms with Gasteiger partial charge in [-0.15, -0.1) is 0 Å². The highest BCUT2D eigenvalue weighted by molar-refractivity contribution is 6.35. The maximum absolute atomic E-state index is 12.5. The molecule has 0 spiro atoms. The first-order valence-corrected chi connectivity index (χ1v) is 12.5. The minimum atomic E-state index is -0.612. The van der Waals surface area contributed by atoms with Gasteiger partial charge in [-0.25, -0.2) is 0 Å². The number of hydrogen-bond acceptors (Lipinski definition) is 8. The molecule has 2 amide bonds. The summed E-state index contributed by atoms with van der Waals surface area (Å²) >= 11 is 0. The molecule has 2 aliphatic heterocycles. The monoisotopic (exact) mass is 496 g/mol. The van der Waals surface area contributed by atoms with E-state index in [4.69, 9.17) is 9.47 Å². The molecular weight excluding hydrogens is 460 g/mol. The lowest BCUT2D eigenvalue weighted by Crippen LogP contribution is -2.51. The molecule has 0 aliphatic carbocycles. The Balaban J connectivity index is 1.31. The van der Waals surface area contributed by atoms with Gasteiger partial charge in [0.2, 0.25) is 0 Å². The van der Waals surface area contributed by atoms with Crippen LogP contribution in [0.4, 0.5) is 5.69 Å². The summed E-state index contributed by atoms with van der Waals surface area (Å²) in [5.41, 5.74) is 2.09. The summed E-state index contributed by atoms with van der Waals surface area (Å²) in [7, 11) is 1.69. The number of hydrogen-bond donors (Lipinski definition) is 2. The third kappa shape index (κ3) is 6.93. The van der Waals surface area contributed by atoms with Crippen LogP contribution < -0.4 is 20.3 Å². The molecule has 2 saturated heterocycles. The first-order chi connectivity index (χ1) is 17.7. The quantitative estimate of drug-likeness (QED) is 0.485. The number of piperazine rings is 1. The van der Waals surface area contributed by atoms with Gasteiger partial charge >= 0.3 is 11.8 Å². The standard InChI is InChI=1S/C26H36N6O4/c1-35-24-7-3-2-6-22(24)31-11-13-32(14-12-31)23(21-5-4-8-27-19-21)20-29-26(34)25(33)28-9-10-30-15-17-36-18-16-30/h2-8,19,23H,9-18,20H2,1H3,(H,28,33)(H,29,34)/t23-/m0/s1. The second kappa shape index (κ2) is 13.2. The van der Waals surface area contributed by atoms with Crippen LogP contribution in [0, 0.1) is 0 Å². The second-order valence-electron chi connectivity index (χ2n) is 8.92. The summed E-state index contributed by atoms with van der Waals surface area (Å²) < 4.78 is 10.9. The zero-order chi connectivity index (χ0) is 25.2. The van der Waals surface area contributed by atoms with Gasteiger partial charge in [0.05, 0.1) is 32.1 Å². The maximum Gasteiger partial charge on any atom is 0.309 e. The van der Waals surface area contributed by atoms with E-state index in [0.29, 0.717) is 32.8 Å². The Hall–Kier alpha value is -3.21. The molecule has 3 heterocycles. The number of anilines is 1. The summed E-state index contributed by atoms with van der Waals surface area (Å²) in [6.45, 7) is 7.84. The molecule has 0 bridgehead atoms. The van der Waals surface area contributed by atoms with Crippen molar-refractivity contribution < 1.29 is 19.1 Å². The lowest BCUT2D eigenvalue weighted by atomic mass is 10.1. The molecule has 36 heavy (non-hydrogen) atoms. The first-order valence-electron chi connectivity index (χ1n) is 12.5. The van der Waals surface area contributed by atoms with Crippen LogP contribution in [0.3, 0.4) is 0 Å². The number of benzene rings is 1. The largest absolute Gasteiger partial charge is 0.495 e. The number of aromatic nitrogens is 1. The van der Waals surface area contributed by atoms with Crippen LogP contribution in [0.25, 0.3) is 0 Å². The maximum atomic E-state index is 12.5. The number of morpholine rings is 1. The molecule has 1 aromatic heterocycles. The van der Waals surface area contributed by atoms with Crippen LogP contribution in [0.1, 0.15) is 11.6 Å². The van der Waals surface area contributed by atoms with Crippen molar-refractivity contribution in [3.8, 4) is 5.75 Å². The van der Waals surface area contributed by atoms with E-state index in [9.17, 15) is 9.59 Å². The van der Waals surface area contributed by atoms with E-state index in [1.54, 1.807) is 13.3 Å². The fourth-order valence-corrected chi connectivity index (χ4v) is 4.70. The molecule has 4 rings (SSSR count). The van der Waals surface area contributed by atoms with Gasteiger partial charge < -0.3 is 25.0 Å². The number of carbonyl (C=O) groups is 2. The average molecular weight is 497 g/mol. The van der Waals surface area contributed by atoms with Gasteiger partial charge in [-0.05, 0) is 23.8 Å². The minimum absolute atomic E-state index is 0.0800. The Morgan fingerprint density at radius 1 is 1.00 bits per heavy atom. The van der Waals surface area contributed by atoms with Gasteiger partial charge in [0, 0.05) is 71.3 Å². The van der Waals surface area contributed by atoms with Gasteiger partial charge in [-0.1, -0.05) is 18.2 Å². The van der Waals surface area contributed by atoms with Crippen LogP contribution in [-0.2, 0) is 14.3 Å². The molecule has 2 N–H and O–H groups in total. The zero-order valence-electron chi connectivity index (χ0n) is 20.9. The smallest absolute Gasteiger partial charge is 0.309 e. The Morgan fingerprint density at radius 2 is 1.75 bits per heavy atom. The Morgan fingerprint density at radius 3 is 2.47 bits per heavy atom. The van der Waals surface area contributed by atoms with Crippen LogP contribution in [0.5, 0.6) is 5.75 Å². The van der Waals surface area contributed by atoms with Crippen molar-refractivity contribution in [1.29, 1.82) is 0 Å². The van der Waals surface area contributed by atoms with Crippen molar-refractivity contribution in [2.24, 2.45) is 0 Å². The fraction of sp³-hybridized carbons (Fsp3) is 0.500. The van der Waals surface area contributed by atoms with E-state index < -0.39 is 11.8 Å². The van der Waals surface area contributed by atoms with E-state index in [0.717, 1.165) is 56.3 Å². The molecular formula is C26H36N6O4. The van der Waals surface area contributed by atoms with Crippen LogP contribution >= 0.6 is 0 Å².